The Balaban J connectivity index is 2.60. The molecule has 2 aromatic rings. The molecule has 0 aliphatic carbocycles. The molecule has 0 aromatic carbocycles. The molecule has 0 bridgehead atoms. The topological polar surface area (TPSA) is 107 Å². The van der Waals surface area contributed by atoms with Gasteiger partial charge in [0.2, 0.25) is 5.95 Å². The third kappa shape index (κ3) is 2.12. The van der Waals surface area contributed by atoms with Crippen LogP contribution in [0.3, 0.4) is 0 Å². The van der Waals surface area contributed by atoms with Crippen LogP contribution < -0.4 is 5.73 Å². The van der Waals surface area contributed by atoms with E-state index in [1.54, 1.807) is 0 Å². The molecule has 2 aromatic heterocycles. The lowest BCUT2D eigenvalue weighted by Gasteiger charge is -2.06. The summed E-state index contributed by atoms with van der Waals surface area (Å²) in [6, 6.07) is 1.47. The summed E-state index contributed by atoms with van der Waals surface area (Å²) >= 11 is 5.78. The molecular weight excluding hydrogens is 258 g/mol. The average molecular weight is 268 g/mol. The second-order valence-corrected chi connectivity index (χ2v) is 3.87. The van der Waals surface area contributed by atoms with Gasteiger partial charge in [-0.15, -0.1) is 0 Å². The average Bonchev–Trinajstić information content (AvgIpc) is 2.70. The number of nitrogen functional groups attached to an aromatic ring is 1. The highest BCUT2D eigenvalue weighted by Crippen LogP contribution is 2.17. The Kier molecular flexibility index (Phi) is 3.15. The van der Waals surface area contributed by atoms with Crippen molar-refractivity contribution < 1.29 is 9.90 Å². The van der Waals surface area contributed by atoms with Crippen LogP contribution in [0.4, 0.5) is 5.95 Å². The number of aromatic carboxylic acids is 1. The quantitative estimate of drug-likeness (QED) is 0.808. The summed E-state index contributed by atoms with van der Waals surface area (Å²) in [5.74, 6) is -0.685. The number of carboxylic acids is 1. The molecule has 18 heavy (non-hydrogen) atoms. The van der Waals surface area contributed by atoms with Crippen LogP contribution in [-0.4, -0.2) is 30.8 Å². The predicted octanol–water partition coefficient (Wildman–Crippen LogP) is 1.16. The Morgan fingerprint density at radius 2 is 2.28 bits per heavy atom. The predicted molar refractivity (Wildman–Crippen MR) is 64.9 cm³/mol. The molecule has 0 fully saturated rings. The highest BCUT2D eigenvalue weighted by atomic mass is 35.5. The molecular formula is C10H10ClN5O2. The fraction of sp³-hybridized carbons (Fsp3) is 0.200. The third-order valence-electron chi connectivity index (χ3n) is 2.35. The SMILES string of the molecule is CCc1c(C(=O)O)cnn1-c1cc(Cl)nc(N)n1. The van der Waals surface area contributed by atoms with E-state index in [9.17, 15) is 4.79 Å². The van der Waals surface area contributed by atoms with Crippen molar-refractivity contribution in [3.05, 3.63) is 28.7 Å². The molecule has 0 saturated carbocycles. The standard InChI is InChI=1S/C10H10ClN5O2/c1-2-6-5(9(17)18)4-13-16(6)8-3-7(11)14-10(12)15-8/h3-4H,2H2,1H3,(H,17,18)(H2,12,14,15). The molecule has 7 nitrogen and oxygen atoms in total. The normalized spacial score (nSPS) is 10.6. The Labute approximate surface area is 107 Å². The first-order valence-corrected chi connectivity index (χ1v) is 5.51. The van der Waals surface area contributed by atoms with Gasteiger partial charge in [-0.2, -0.15) is 10.1 Å². The van der Waals surface area contributed by atoms with Gasteiger partial charge in [-0.3, -0.25) is 0 Å². The van der Waals surface area contributed by atoms with Gasteiger partial charge in [-0.05, 0) is 6.42 Å². The van der Waals surface area contributed by atoms with Crippen LogP contribution in [0.1, 0.15) is 23.0 Å². The monoisotopic (exact) mass is 267 g/mol. The second-order valence-electron chi connectivity index (χ2n) is 3.48. The maximum atomic E-state index is 11.0. The Bertz CT molecular complexity index is 590. The maximum absolute atomic E-state index is 11.0. The molecule has 0 atom stereocenters. The molecule has 3 N–H and O–H groups in total. The van der Waals surface area contributed by atoms with Crippen LogP contribution in [0.25, 0.3) is 5.82 Å². The minimum Gasteiger partial charge on any atom is -0.478 e. The van der Waals surface area contributed by atoms with Gasteiger partial charge >= 0.3 is 5.97 Å². The van der Waals surface area contributed by atoms with Crippen molar-refractivity contribution in [3.63, 3.8) is 0 Å². The summed E-state index contributed by atoms with van der Waals surface area (Å²) in [6.45, 7) is 1.83. The zero-order valence-corrected chi connectivity index (χ0v) is 10.2. The first-order chi connectivity index (χ1) is 8.52. The zero-order valence-electron chi connectivity index (χ0n) is 9.46. The van der Waals surface area contributed by atoms with Crippen molar-refractivity contribution in [1.29, 1.82) is 0 Å². The van der Waals surface area contributed by atoms with Crippen molar-refractivity contribution in [2.24, 2.45) is 0 Å². The highest BCUT2D eigenvalue weighted by molar-refractivity contribution is 6.29. The molecule has 0 amide bonds. The van der Waals surface area contributed by atoms with E-state index < -0.39 is 5.97 Å². The molecule has 0 radical (unpaired) electrons. The lowest BCUT2D eigenvalue weighted by atomic mass is 10.2. The minimum atomic E-state index is -1.04. The Morgan fingerprint density at radius 3 is 2.83 bits per heavy atom. The van der Waals surface area contributed by atoms with Gasteiger partial charge in [0.05, 0.1) is 11.9 Å². The van der Waals surface area contributed by atoms with Gasteiger partial charge in [0, 0.05) is 6.07 Å². The van der Waals surface area contributed by atoms with Crippen molar-refractivity contribution in [1.82, 2.24) is 19.7 Å². The summed E-state index contributed by atoms with van der Waals surface area (Å²) in [7, 11) is 0. The second kappa shape index (κ2) is 4.61. The minimum absolute atomic E-state index is 0.00641. The molecule has 0 aliphatic rings. The maximum Gasteiger partial charge on any atom is 0.339 e. The van der Waals surface area contributed by atoms with Crippen molar-refractivity contribution in [3.8, 4) is 5.82 Å². The van der Waals surface area contributed by atoms with E-state index in [1.165, 1.54) is 16.9 Å². The molecule has 8 heteroatoms. The van der Waals surface area contributed by atoms with E-state index in [1.807, 2.05) is 6.92 Å². The summed E-state index contributed by atoms with van der Waals surface area (Å²) in [5, 5.41) is 13.2. The van der Waals surface area contributed by atoms with Gasteiger partial charge in [0.25, 0.3) is 0 Å². The molecule has 0 unspecified atom stereocenters. The van der Waals surface area contributed by atoms with Crippen molar-refractivity contribution in [2.75, 3.05) is 5.73 Å². The molecule has 2 heterocycles. The molecule has 2 rings (SSSR count). The van der Waals surface area contributed by atoms with Crippen molar-refractivity contribution in [2.45, 2.75) is 13.3 Å². The van der Waals surface area contributed by atoms with Crippen LogP contribution in [0.15, 0.2) is 12.3 Å². The van der Waals surface area contributed by atoms with Crippen LogP contribution in [0.5, 0.6) is 0 Å². The number of carbonyl (C=O) groups is 1. The summed E-state index contributed by atoms with van der Waals surface area (Å²) in [6.07, 6.45) is 1.76. The number of anilines is 1. The number of hydrogen-bond donors (Lipinski definition) is 2. The smallest absolute Gasteiger partial charge is 0.339 e. The first-order valence-electron chi connectivity index (χ1n) is 5.13. The Morgan fingerprint density at radius 1 is 1.56 bits per heavy atom. The number of aromatic nitrogens is 4. The van der Waals surface area contributed by atoms with E-state index >= 15 is 0 Å². The molecule has 94 valence electrons. The first kappa shape index (κ1) is 12.3. The van der Waals surface area contributed by atoms with Gasteiger partial charge < -0.3 is 10.8 Å². The molecule has 0 saturated heterocycles. The number of hydrogen-bond acceptors (Lipinski definition) is 5. The van der Waals surface area contributed by atoms with E-state index in [0.717, 1.165) is 0 Å². The fourth-order valence-corrected chi connectivity index (χ4v) is 1.81. The number of nitrogens with zero attached hydrogens (tertiary/aromatic N) is 4. The number of carboxylic acid groups (broad SMARTS) is 1. The van der Waals surface area contributed by atoms with Gasteiger partial charge in [-0.25, -0.2) is 14.5 Å². The van der Waals surface area contributed by atoms with Crippen molar-refractivity contribution >= 4 is 23.5 Å². The third-order valence-corrected chi connectivity index (χ3v) is 2.54. The number of halogens is 1. The lowest BCUT2D eigenvalue weighted by molar-refractivity contribution is 0.0695. The van der Waals surface area contributed by atoms with E-state index in [4.69, 9.17) is 22.4 Å². The van der Waals surface area contributed by atoms with Gasteiger partial charge in [0.15, 0.2) is 5.82 Å². The van der Waals surface area contributed by atoms with Gasteiger partial charge in [-0.1, -0.05) is 18.5 Å². The Hall–Kier alpha value is -2.15. The van der Waals surface area contributed by atoms with E-state index in [-0.39, 0.29) is 16.7 Å². The van der Waals surface area contributed by atoms with Crippen LogP contribution >= 0.6 is 11.6 Å². The van der Waals surface area contributed by atoms with Gasteiger partial charge in [0.1, 0.15) is 10.7 Å². The lowest BCUT2D eigenvalue weighted by Crippen LogP contribution is -2.09. The summed E-state index contributed by atoms with van der Waals surface area (Å²) in [5.41, 5.74) is 6.15. The highest BCUT2D eigenvalue weighted by Gasteiger charge is 2.17. The zero-order chi connectivity index (χ0) is 13.3. The number of rotatable bonds is 3. The van der Waals surface area contributed by atoms with Crippen LogP contribution in [-0.2, 0) is 6.42 Å². The van der Waals surface area contributed by atoms with E-state index in [2.05, 4.69) is 15.1 Å². The fourth-order valence-electron chi connectivity index (χ4n) is 1.62. The summed E-state index contributed by atoms with van der Waals surface area (Å²) < 4.78 is 1.40. The largest absolute Gasteiger partial charge is 0.478 e. The summed E-state index contributed by atoms with van der Waals surface area (Å²) in [4.78, 5) is 18.7. The van der Waals surface area contributed by atoms with E-state index in [0.29, 0.717) is 17.9 Å². The molecule has 0 aliphatic heterocycles. The number of nitrogens with two attached hydrogens (primary N) is 1. The van der Waals surface area contributed by atoms with Crippen LogP contribution in [0.2, 0.25) is 5.15 Å². The molecule has 0 spiro atoms. The van der Waals surface area contributed by atoms with Crippen LogP contribution in [0, 0.1) is 0 Å².